The summed E-state index contributed by atoms with van der Waals surface area (Å²) >= 11 is 5.95. The van der Waals surface area contributed by atoms with E-state index >= 15 is 0 Å². The number of hydrazone groups is 1. The molecule has 0 radical (unpaired) electrons. The number of nitrogens with one attached hydrogen (secondary N) is 2. The van der Waals surface area contributed by atoms with Gasteiger partial charge in [-0.1, -0.05) is 37.6 Å². The minimum absolute atomic E-state index is 0.357. The molecule has 0 aromatic heterocycles. The van der Waals surface area contributed by atoms with E-state index in [1.165, 1.54) is 6.21 Å². The number of ether oxygens (including phenoxy) is 1. The van der Waals surface area contributed by atoms with Crippen LogP contribution < -0.4 is 15.5 Å². The molecular formula is C20H22ClN3O3. The molecule has 2 rings (SSSR count). The average molecular weight is 388 g/mol. The number of hydrogen-bond acceptors (Lipinski definition) is 4. The van der Waals surface area contributed by atoms with Gasteiger partial charge in [-0.3, -0.25) is 9.59 Å². The van der Waals surface area contributed by atoms with Gasteiger partial charge in [0.2, 0.25) is 11.8 Å². The Bertz CT molecular complexity index is 804. The third-order valence-electron chi connectivity index (χ3n) is 3.34. The molecule has 0 fully saturated rings. The highest BCUT2D eigenvalue weighted by molar-refractivity contribution is 6.33. The Labute approximate surface area is 163 Å². The first-order valence-corrected chi connectivity index (χ1v) is 8.91. The number of rotatable bonds is 8. The lowest BCUT2D eigenvalue weighted by atomic mass is 10.2. The van der Waals surface area contributed by atoms with E-state index in [-0.39, 0.29) is 6.42 Å². The number of benzene rings is 2. The first kappa shape index (κ1) is 20.5. The van der Waals surface area contributed by atoms with Crippen LogP contribution in [0.3, 0.4) is 0 Å². The second kappa shape index (κ2) is 10.3. The molecule has 2 N–H and O–H groups in total. The van der Waals surface area contributed by atoms with Gasteiger partial charge < -0.3 is 10.1 Å². The van der Waals surface area contributed by atoms with Gasteiger partial charge in [-0.25, -0.2) is 5.43 Å². The molecule has 27 heavy (non-hydrogen) atoms. The van der Waals surface area contributed by atoms with Gasteiger partial charge in [0.05, 0.1) is 23.5 Å². The van der Waals surface area contributed by atoms with Crippen LogP contribution in [-0.2, 0) is 9.59 Å². The standard InChI is InChI=1S/C20H22ClN3O3/c1-14(2)13-27-16-9-7-15(8-10-16)12-22-24-20(26)11-19(25)23-18-6-4-3-5-17(18)21/h3-10,12,14H,11,13H2,1-2H3,(H,23,25)(H,24,26). The van der Waals surface area contributed by atoms with Crippen LogP contribution in [0.5, 0.6) is 5.75 Å². The van der Waals surface area contributed by atoms with Crippen LogP contribution in [0.15, 0.2) is 53.6 Å². The largest absolute Gasteiger partial charge is 0.493 e. The highest BCUT2D eigenvalue weighted by Gasteiger charge is 2.10. The molecule has 6 nitrogen and oxygen atoms in total. The van der Waals surface area contributed by atoms with E-state index in [2.05, 4.69) is 29.7 Å². The maximum absolute atomic E-state index is 11.9. The Kier molecular flexibility index (Phi) is 7.82. The fourth-order valence-electron chi connectivity index (χ4n) is 2.03. The zero-order valence-corrected chi connectivity index (χ0v) is 16.0. The molecule has 0 spiro atoms. The topological polar surface area (TPSA) is 79.8 Å². The van der Waals surface area contributed by atoms with Crippen molar-refractivity contribution in [3.63, 3.8) is 0 Å². The van der Waals surface area contributed by atoms with Crippen molar-refractivity contribution in [1.82, 2.24) is 5.43 Å². The van der Waals surface area contributed by atoms with Gasteiger partial charge in [-0.2, -0.15) is 5.10 Å². The number of amides is 2. The fraction of sp³-hybridized carbons (Fsp3) is 0.250. The molecule has 7 heteroatoms. The summed E-state index contributed by atoms with van der Waals surface area (Å²) in [5.41, 5.74) is 3.58. The second-order valence-electron chi connectivity index (χ2n) is 6.27. The van der Waals surface area contributed by atoms with Crippen LogP contribution in [0.2, 0.25) is 5.02 Å². The third-order valence-corrected chi connectivity index (χ3v) is 3.66. The SMILES string of the molecule is CC(C)COc1ccc(C=NNC(=O)CC(=O)Nc2ccccc2Cl)cc1. The summed E-state index contributed by atoms with van der Waals surface area (Å²) in [6.07, 6.45) is 1.14. The average Bonchev–Trinajstić information content (AvgIpc) is 2.63. The molecule has 0 unspecified atom stereocenters. The van der Waals surface area contributed by atoms with Crippen molar-refractivity contribution >= 4 is 35.3 Å². The van der Waals surface area contributed by atoms with Crippen LogP contribution in [0.4, 0.5) is 5.69 Å². The van der Waals surface area contributed by atoms with Gasteiger partial charge in [-0.15, -0.1) is 0 Å². The minimum atomic E-state index is -0.521. The van der Waals surface area contributed by atoms with Crippen LogP contribution in [-0.4, -0.2) is 24.6 Å². The van der Waals surface area contributed by atoms with Gasteiger partial charge in [0.15, 0.2) is 0 Å². The van der Waals surface area contributed by atoms with Gasteiger partial charge in [0.1, 0.15) is 12.2 Å². The number of carbonyl (C=O) groups is 2. The number of anilines is 1. The first-order valence-electron chi connectivity index (χ1n) is 8.53. The van der Waals surface area contributed by atoms with Crippen LogP contribution >= 0.6 is 11.6 Å². The van der Waals surface area contributed by atoms with E-state index in [1.54, 1.807) is 24.3 Å². The van der Waals surface area contributed by atoms with Crippen molar-refractivity contribution in [2.75, 3.05) is 11.9 Å². The summed E-state index contributed by atoms with van der Waals surface area (Å²) in [7, 11) is 0. The maximum Gasteiger partial charge on any atom is 0.249 e. The first-order chi connectivity index (χ1) is 12.9. The van der Waals surface area contributed by atoms with Crippen LogP contribution in [0, 0.1) is 5.92 Å². The Morgan fingerprint density at radius 2 is 1.81 bits per heavy atom. The number of para-hydroxylation sites is 1. The van der Waals surface area contributed by atoms with Crippen LogP contribution in [0.25, 0.3) is 0 Å². The van der Waals surface area contributed by atoms with Crippen molar-refractivity contribution in [2.45, 2.75) is 20.3 Å². The maximum atomic E-state index is 11.9. The molecule has 0 bridgehead atoms. The zero-order chi connectivity index (χ0) is 19.6. The second-order valence-corrected chi connectivity index (χ2v) is 6.68. The highest BCUT2D eigenvalue weighted by atomic mass is 35.5. The molecule has 2 aromatic carbocycles. The summed E-state index contributed by atoms with van der Waals surface area (Å²) < 4.78 is 5.60. The van der Waals surface area contributed by atoms with Crippen molar-refractivity contribution in [2.24, 2.45) is 11.0 Å². The molecule has 0 aliphatic heterocycles. The van der Waals surface area contributed by atoms with E-state index in [4.69, 9.17) is 16.3 Å². The molecule has 0 saturated carbocycles. The minimum Gasteiger partial charge on any atom is -0.493 e. The lowest BCUT2D eigenvalue weighted by molar-refractivity contribution is -0.126. The van der Waals surface area contributed by atoms with Crippen molar-refractivity contribution in [1.29, 1.82) is 0 Å². The van der Waals surface area contributed by atoms with Crippen LogP contribution in [0.1, 0.15) is 25.8 Å². The van der Waals surface area contributed by atoms with Gasteiger partial charge >= 0.3 is 0 Å². The molecule has 0 aliphatic rings. The highest BCUT2D eigenvalue weighted by Crippen LogP contribution is 2.20. The van der Waals surface area contributed by atoms with E-state index in [9.17, 15) is 9.59 Å². The Balaban J connectivity index is 1.77. The fourth-order valence-corrected chi connectivity index (χ4v) is 2.22. The summed E-state index contributed by atoms with van der Waals surface area (Å²) in [6.45, 7) is 4.82. The number of hydrogen-bond donors (Lipinski definition) is 2. The molecule has 2 aromatic rings. The molecule has 2 amide bonds. The predicted molar refractivity (Wildman–Crippen MR) is 107 cm³/mol. The monoisotopic (exact) mass is 387 g/mol. The van der Waals surface area contributed by atoms with E-state index in [1.807, 2.05) is 24.3 Å². The predicted octanol–water partition coefficient (Wildman–Crippen LogP) is 3.85. The lowest BCUT2D eigenvalue weighted by Gasteiger charge is -2.08. The number of carbonyl (C=O) groups excluding carboxylic acids is 2. The number of halogens is 1. The van der Waals surface area contributed by atoms with Gasteiger partial charge in [0.25, 0.3) is 0 Å². The van der Waals surface area contributed by atoms with E-state index < -0.39 is 11.8 Å². The Hall–Kier alpha value is -2.86. The smallest absolute Gasteiger partial charge is 0.249 e. The normalized spacial score (nSPS) is 10.8. The summed E-state index contributed by atoms with van der Waals surface area (Å²) in [5, 5.41) is 6.84. The Morgan fingerprint density at radius 1 is 1.11 bits per heavy atom. The van der Waals surface area contributed by atoms with Crippen molar-refractivity contribution < 1.29 is 14.3 Å². The molecule has 0 aliphatic carbocycles. The molecule has 0 saturated heterocycles. The Morgan fingerprint density at radius 3 is 2.48 bits per heavy atom. The zero-order valence-electron chi connectivity index (χ0n) is 15.2. The lowest BCUT2D eigenvalue weighted by Crippen LogP contribution is -2.24. The van der Waals surface area contributed by atoms with Gasteiger partial charge in [0, 0.05) is 0 Å². The quantitative estimate of drug-likeness (QED) is 0.410. The molecule has 0 heterocycles. The van der Waals surface area contributed by atoms with Crippen molar-refractivity contribution in [3.05, 3.63) is 59.1 Å². The van der Waals surface area contributed by atoms with Crippen molar-refractivity contribution in [3.8, 4) is 5.75 Å². The molecule has 0 atom stereocenters. The summed E-state index contributed by atoms with van der Waals surface area (Å²) in [6, 6.07) is 14.1. The molecular weight excluding hydrogens is 366 g/mol. The number of nitrogens with zero attached hydrogens (tertiary/aromatic N) is 1. The summed E-state index contributed by atoms with van der Waals surface area (Å²) in [4.78, 5) is 23.6. The van der Waals surface area contributed by atoms with E-state index in [0.29, 0.717) is 23.2 Å². The van der Waals surface area contributed by atoms with E-state index in [0.717, 1.165) is 11.3 Å². The third kappa shape index (κ3) is 7.50. The molecule has 142 valence electrons. The van der Waals surface area contributed by atoms with Gasteiger partial charge in [-0.05, 0) is 47.9 Å². The summed E-state index contributed by atoms with van der Waals surface area (Å²) in [5.74, 6) is 0.243.